The number of alkyl halides is 3. The topological polar surface area (TPSA) is 17.1 Å². The summed E-state index contributed by atoms with van der Waals surface area (Å²) in [4.78, 5) is 10.8. The number of allylic oxidation sites excluding steroid dienone is 2. The van der Waals surface area contributed by atoms with E-state index in [1.54, 1.807) is 13.0 Å². The molecule has 0 aromatic heterocycles. The molecule has 86 valence electrons. The van der Waals surface area contributed by atoms with Crippen molar-refractivity contribution in [2.75, 3.05) is 0 Å². The molecule has 0 atom stereocenters. The van der Waals surface area contributed by atoms with E-state index in [1.807, 2.05) is 0 Å². The van der Waals surface area contributed by atoms with Gasteiger partial charge < -0.3 is 0 Å². The van der Waals surface area contributed by atoms with E-state index in [4.69, 9.17) is 0 Å². The van der Waals surface area contributed by atoms with Gasteiger partial charge >= 0.3 is 6.18 Å². The van der Waals surface area contributed by atoms with Gasteiger partial charge in [-0.05, 0) is 43.2 Å². The smallest absolute Gasteiger partial charge is 0.295 e. The van der Waals surface area contributed by atoms with Crippen LogP contribution in [-0.2, 0) is 11.0 Å². The molecule has 1 rings (SSSR count). The summed E-state index contributed by atoms with van der Waals surface area (Å²) in [5, 5.41) is 0. The van der Waals surface area contributed by atoms with Crippen LogP contribution in [0.1, 0.15) is 25.0 Å². The summed E-state index contributed by atoms with van der Waals surface area (Å²) < 4.78 is 37.2. The number of hydrogen-bond acceptors (Lipinski definition) is 1. The molecule has 0 radical (unpaired) electrons. The van der Waals surface area contributed by atoms with Crippen LogP contribution in [0.15, 0.2) is 30.3 Å². The third kappa shape index (κ3) is 3.22. The van der Waals surface area contributed by atoms with Crippen LogP contribution in [0, 0.1) is 0 Å². The summed E-state index contributed by atoms with van der Waals surface area (Å²) in [5.74, 6) is -0.185. The van der Waals surface area contributed by atoms with Crippen LogP contribution in [0.2, 0.25) is 0 Å². The first-order valence-electron chi connectivity index (χ1n) is 4.67. The lowest BCUT2D eigenvalue weighted by Crippen LogP contribution is -2.04. The fraction of sp³-hybridized carbons (Fsp3) is 0.250. The Labute approximate surface area is 91.6 Å². The summed E-state index contributed by atoms with van der Waals surface area (Å²) in [6.07, 6.45) is -3.04. The Morgan fingerprint density at radius 1 is 1.25 bits per heavy atom. The summed E-state index contributed by atoms with van der Waals surface area (Å²) in [6, 6.07) is 4.92. The number of hydrogen-bond donors (Lipinski definition) is 0. The van der Waals surface area contributed by atoms with E-state index in [-0.39, 0.29) is 5.78 Å². The second kappa shape index (κ2) is 4.51. The lowest BCUT2D eigenvalue weighted by Gasteiger charge is -2.08. The van der Waals surface area contributed by atoms with Crippen LogP contribution in [0.5, 0.6) is 0 Å². The molecule has 4 heteroatoms. The van der Waals surface area contributed by atoms with Crippen LogP contribution in [0.4, 0.5) is 13.2 Å². The first-order chi connectivity index (χ1) is 7.30. The second-order valence-corrected chi connectivity index (χ2v) is 3.52. The van der Waals surface area contributed by atoms with E-state index in [1.165, 1.54) is 19.1 Å². The fourth-order valence-electron chi connectivity index (χ4n) is 1.33. The number of carbonyl (C=O) groups is 1. The van der Waals surface area contributed by atoms with Gasteiger partial charge in [-0.25, -0.2) is 0 Å². The van der Waals surface area contributed by atoms with Gasteiger partial charge in [0.05, 0.1) is 5.56 Å². The molecule has 1 nitrogen and oxygen atoms in total. The maximum atomic E-state index is 12.4. The Kier molecular flexibility index (Phi) is 3.52. The van der Waals surface area contributed by atoms with Crippen molar-refractivity contribution in [3.05, 3.63) is 41.5 Å². The van der Waals surface area contributed by atoms with Crippen molar-refractivity contribution in [3.8, 4) is 0 Å². The summed E-state index contributed by atoms with van der Waals surface area (Å²) in [5.41, 5.74) is 0.227. The molecule has 0 amide bonds. The van der Waals surface area contributed by atoms with E-state index in [9.17, 15) is 18.0 Å². The number of carbonyl (C=O) groups excluding carboxylic acids is 1. The molecule has 0 saturated carbocycles. The number of rotatable bonds is 2. The largest absolute Gasteiger partial charge is 0.416 e. The van der Waals surface area contributed by atoms with E-state index in [2.05, 4.69) is 0 Å². The molecular weight excluding hydrogens is 217 g/mol. The highest BCUT2D eigenvalue weighted by Gasteiger charge is 2.30. The van der Waals surface area contributed by atoms with Gasteiger partial charge in [-0.1, -0.05) is 12.1 Å². The molecular formula is C12H11F3O. The van der Waals surface area contributed by atoms with Crippen molar-refractivity contribution < 1.29 is 18.0 Å². The SMILES string of the molecule is CC(=O)/C=C(/C)c1cccc(C(F)(F)F)c1. The zero-order chi connectivity index (χ0) is 12.3. The van der Waals surface area contributed by atoms with Crippen molar-refractivity contribution in [1.29, 1.82) is 0 Å². The zero-order valence-electron chi connectivity index (χ0n) is 8.93. The Hall–Kier alpha value is -1.58. The van der Waals surface area contributed by atoms with Crippen LogP contribution in [-0.4, -0.2) is 5.78 Å². The van der Waals surface area contributed by atoms with Crippen molar-refractivity contribution in [2.45, 2.75) is 20.0 Å². The Morgan fingerprint density at radius 2 is 1.88 bits per heavy atom. The summed E-state index contributed by atoms with van der Waals surface area (Å²) in [6.45, 7) is 2.97. The van der Waals surface area contributed by atoms with E-state index >= 15 is 0 Å². The van der Waals surface area contributed by atoms with Gasteiger partial charge in [0.2, 0.25) is 0 Å². The van der Waals surface area contributed by atoms with Crippen LogP contribution in [0.25, 0.3) is 5.57 Å². The minimum Gasteiger partial charge on any atom is -0.295 e. The monoisotopic (exact) mass is 228 g/mol. The van der Waals surface area contributed by atoms with Crippen LogP contribution in [0.3, 0.4) is 0 Å². The fourth-order valence-corrected chi connectivity index (χ4v) is 1.33. The Balaban J connectivity index is 3.13. The zero-order valence-corrected chi connectivity index (χ0v) is 8.93. The lowest BCUT2D eigenvalue weighted by atomic mass is 10.0. The quantitative estimate of drug-likeness (QED) is 0.705. The molecule has 0 spiro atoms. The Morgan fingerprint density at radius 3 is 2.38 bits per heavy atom. The van der Waals surface area contributed by atoms with Gasteiger partial charge in [-0.2, -0.15) is 13.2 Å². The van der Waals surface area contributed by atoms with Crippen molar-refractivity contribution in [3.63, 3.8) is 0 Å². The molecule has 16 heavy (non-hydrogen) atoms. The minimum absolute atomic E-state index is 0.185. The van der Waals surface area contributed by atoms with Crippen LogP contribution < -0.4 is 0 Å². The normalized spacial score (nSPS) is 12.7. The Bertz CT molecular complexity index is 430. The highest BCUT2D eigenvalue weighted by atomic mass is 19.4. The minimum atomic E-state index is -4.35. The molecule has 1 aromatic rings. The highest BCUT2D eigenvalue weighted by Crippen LogP contribution is 2.30. The first-order valence-corrected chi connectivity index (χ1v) is 4.67. The molecule has 0 bridgehead atoms. The first kappa shape index (κ1) is 12.5. The van der Waals surface area contributed by atoms with Crippen molar-refractivity contribution in [2.24, 2.45) is 0 Å². The third-order valence-corrected chi connectivity index (χ3v) is 2.07. The number of ketones is 1. The van der Waals surface area contributed by atoms with Gasteiger partial charge in [0.15, 0.2) is 5.78 Å². The highest BCUT2D eigenvalue weighted by molar-refractivity contribution is 5.94. The van der Waals surface area contributed by atoms with Crippen molar-refractivity contribution in [1.82, 2.24) is 0 Å². The molecule has 0 N–H and O–H groups in total. The van der Waals surface area contributed by atoms with E-state index < -0.39 is 11.7 Å². The molecule has 0 fully saturated rings. The molecule has 0 unspecified atom stereocenters. The van der Waals surface area contributed by atoms with Crippen molar-refractivity contribution >= 4 is 11.4 Å². The molecule has 0 saturated heterocycles. The standard InChI is InChI=1S/C12H11F3O/c1-8(6-9(2)16)10-4-3-5-11(7-10)12(13,14)15/h3-7H,1-2H3/b8-6-. The molecule has 0 heterocycles. The predicted molar refractivity (Wildman–Crippen MR) is 55.8 cm³/mol. The summed E-state index contributed by atoms with van der Waals surface area (Å²) >= 11 is 0. The predicted octanol–water partition coefficient (Wildman–Crippen LogP) is 3.70. The number of halogens is 3. The molecule has 0 aliphatic heterocycles. The van der Waals surface area contributed by atoms with Gasteiger partial charge in [-0.3, -0.25) is 4.79 Å². The van der Waals surface area contributed by atoms with E-state index in [0.717, 1.165) is 12.1 Å². The summed E-state index contributed by atoms with van der Waals surface area (Å²) in [7, 11) is 0. The van der Waals surface area contributed by atoms with Gasteiger partial charge in [0.25, 0.3) is 0 Å². The molecule has 0 aliphatic carbocycles. The maximum absolute atomic E-state index is 12.4. The average molecular weight is 228 g/mol. The van der Waals surface area contributed by atoms with Gasteiger partial charge in [0.1, 0.15) is 0 Å². The molecule has 1 aromatic carbocycles. The molecule has 0 aliphatic rings. The second-order valence-electron chi connectivity index (χ2n) is 3.52. The third-order valence-electron chi connectivity index (χ3n) is 2.07. The van der Waals surface area contributed by atoms with Gasteiger partial charge in [0, 0.05) is 0 Å². The maximum Gasteiger partial charge on any atom is 0.416 e. The average Bonchev–Trinajstić information content (AvgIpc) is 2.15. The van der Waals surface area contributed by atoms with E-state index in [0.29, 0.717) is 11.1 Å². The van der Waals surface area contributed by atoms with Crippen LogP contribution >= 0.6 is 0 Å². The lowest BCUT2D eigenvalue weighted by molar-refractivity contribution is -0.137. The number of benzene rings is 1. The van der Waals surface area contributed by atoms with Gasteiger partial charge in [-0.15, -0.1) is 0 Å².